The van der Waals surface area contributed by atoms with Gasteiger partial charge < -0.3 is 9.84 Å². The number of carbonyl (C=O) groups excluding carboxylic acids is 1. The molecule has 112 valence electrons. The first-order valence-corrected chi connectivity index (χ1v) is 7.74. The third-order valence-electron chi connectivity index (χ3n) is 3.27. The van der Waals surface area contributed by atoms with Crippen molar-refractivity contribution in [1.29, 1.82) is 0 Å². The molecular formula is C16H15N3O2S. The van der Waals surface area contributed by atoms with Crippen LogP contribution in [-0.2, 0) is 6.54 Å². The van der Waals surface area contributed by atoms with Gasteiger partial charge in [0, 0.05) is 4.88 Å². The summed E-state index contributed by atoms with van der Waals surface area (Å²) < 4.78 is 5.16. The lowest BCUT2D eigenvalue weighted by Gasteiger charge is -2.05. The van der Waals surface area contributed by atoms with E-state index in [4.69, 9.17) is 4.52 Å². The molecule has 3 aromatic heterocycles. The smallest absolute Gasteiger partial charge is 0.270 e. The van der Waals surface area contributed by atoms with Crippen molar-refractivity contribution in [3.63, 3.8) is 0 Å². The van der Waals surface area contributed by atoms with Crippen molar-refractivity contribution in [2.45, 2.75) is 20.4 Å². The number of thiophene rings is 1. The molecule has 0 atom stereocenters. The number of nitrogens with zero attached hydrogens (tertiary/aromatic N) is 2. The molecule has 6 heteroatoms. The lowest BCUT2D eigenvalue weighted by atomic mass is 10.1. The highest BCUT2D eigenvalue weighted by molar-refractivity contribution is 7.09. The monoisotopic (exact) mass is 313 g/mol. The van der Waals surface area contributed by atoms with Crippen molar-refractivity contribution < 1.29 is 9.32 Å². The summed E-state index contributed by atoms with van der Waals surface area (Å²) >= 11 is 1.61. The molecule has 3 heterocycles. The Morgan fingerprint density at radius 3 is 2.82 bits per heavy atom. The van der Waals surface area contributed by atoms with E-state index in [9.17, 15) is 4.79 Å². The Morgan fingerprint density at radius 1 is 1.27 bits per heavy atom. The zero-order chi connectivity index (χ0) is 15.5. The Balaban J connectivity index is 1.80. The molecule has 0 aliphatic rings. The first kappa shape index (κ1) is 14.5. The van der Waals surface area contributed by atoms with Crippen molar-refractivity contribution in [2.75, 3.05) is 0 Å². The average Bonchev–Trinajstić information content (AvgIpc) is 3.15. The van der Waals surface area contributed by atoms with Crippen LogP contribution < -0.4 is 5.32 Å². The number of hydrogen-bond donors (Lipinski definition) is 1. The molecule has 0 aromatic carbocycles. The van der Waals surface area contributed by atoms with Crippen LogP contribution in [0.4, 0.5) is 0 Å². The van der Waals surface area contributed by atoms with Crippen LogP contribution in [0.25, 0.3) is 11.3 Å². The summed E-state index contributed by atoms with van der Waals surface area (Å²) in [5.74, 6) is 0.503. The van der Waals surface area contributed by atoms with Crippen LogP contribution in [0, 0.1) is 13.8 Å². The molecular weight excluding hydrogens is 298 g/mol. The van der Waals surface area contributed by atoms with Crippen molar-refractivity contribution >= 4 is 17.2 Å². The van der Waals surface area contributed by atoms with E-state index in [1.165, 1.54) is 0 Å². The Labute approximate surface area is 132 Å². The Bertz CT molecular complexity index is 774. The fraction of sp³-hybridized carbons (Fsp3) is 0.188. The van der Waals surface area contributed by atoms with Crippen LogP contribution in [0.1, 0.15) is 26.8 Å². The van der Waals surface area contributed by atoms with E-state index in [2.05, 4.69) is 15.5 Å². The lowest BCUT2D eigenvalue weighted by molar-refractivity contribution is 0.0946. The fourth-order valence-electron chi connectivity index (χ4n) is 2.22. The lowest BCUT2D eigenvalue weighted by Crippen LogP contribution is -2.23. The van der Waals surface area contributed by atoms with Crippen LogP contribution in [0.3, 0.4) is 0 Å². The zero-order valence-corrected chi connectivity index (χ0v) is 13.1. The van der Waals surface area contributed by atoms with Crippen LogP contribution in [-0.4, -0.2) is 16.0 Å². The van der Waals surface area contributed by atoms with E-state index in [-0.39, 0.29) is 5.91 Å². The summed E-state index contributed by atoms with van der Waals surface area (Å²) in [4.78, 5) is 17.8. The number of hydrogen-bond acceptors (Lipinski definition) is 5. The quantitative estimate of drug-likeness (QED) is 0.802. The molecule has 0 aliphatic carbocycles. The number of amides is 1. The Kier molecular flexibility index (Phi) is 4.02. The minimum absolute atomic E-state index is 0.193. The standard InChI is InChI=1S/C16H15N3O2S/c1-10-15(11(2)21-19-10)13-6-3-7-14(18-13)16(20)17-9-12-5-4-8-22-12/h3-8H,9H2,1-2H3,(H,17,20). The minimum atomic E-state index is -0.193. The minimum Gasteiger partial charge on any atom is -0.361 e. The van der Waals surface area contributed by atoms with Gasteiger partial charge in [0.2, 0.25) is 0 Å². The molecule has 3 aromatic rings. The SMILES string of the molecule is Cc1noc(C)c1-c1cccc(C(=O)NCc2cccs2)n1. The number of nitrogens with one attached hydrogen (secondary N) is 1. The van der Waals surface area contributed by atoms with Crippen LogP contribution in [0.2, 0.25) is 0 Å². The predicted molar refractivity (Wildman–Crippen MR) is 84.7 cm³/mol. The second kappa shape index (κ2) is 6.11. The molecule has 0 saturated heterocycles. The third kappa shape index (κ3) is 2.92. The molecule has 0 radical (unpaired) electrons. The number of carbonyl (C=O) groups is 1. The maximum atomic E-state index is 12.2. The van der Waals surface area contributed by atoms with Crippen molar-refractivity contribution in [3.8, 4) is 11.3 Å². The summed E-state index contributed by atoms with van der Waals surface area (Å²) in [7, 11) is 0. The van der Waals surface area contributed by atoms with E-state index < -0.39 is 0 Å². The molecule has 5 nitrogen and oxygen atoms in total. The zero-order valence-electron chi connectivity index (χ0n) is 12.3. The van der Waals surface area contributed by atoms with Gasteiger partial charge in [-0.05, 0) is 37.4 Å². The van der Waals surface area contributed by atoms with Crippen LogP contribution in [0.5, 0.6) is 0 Å². The molecule has 0 bridgehead atoms. The molecule has 0 fully saturated rings. The maximum absolute atomic E-state index is 12.2. The highest BCUT2D eigenvalue weighted by atomic mass is 32.1. The Morgan fingerprint density at radius 2 is 2.14 bits per heavy atom. The maximum Gasteiger partial charge on any atom is 0.270 e. The predicted octanol–water partition coefficient (Wildman–Crippen LogP) is 3.34. The van der Waals surface area contributed by atoms with Gasteiger partial charge in [-0.2, -0.15) is 0 Å². The molecule has 0 saturated carbocycles. The highest BCUT2D eigenvalue weighted by Gasteiger charge is 2.15. The van der Waals surface area contributed by atoms with Gasteiger partial charge in [-0.25, -0.2) is 4.98 Å². The molecule has 1 N–H and O–H groups in total. The summed E-state index contributed by atoms with van der Waals surface area (Å²) in [5, 5.41) is 8.78. The molecule has 22 heavy (non-hydrogen) atoms. The molecule has 0 spiro atoms. The van der Waals surface area contributed by atoms with Gasteiger partial charge in [0.05, 0.1) is 23.5 Å². The first-order chi connectivity index (χ1) is 10.6. The van der Waals surface area contributed by atoms with Gasteiger partial charge in [0.25, 0.3) is 5.91 Å². The van der Waals surface area contributed by atoms with Crippen molar-refractivity contribution in [1.82, 2.24) is 15.5 Å². The largest absolute Gasteiger partial charge is 0.361 e. The van der Waals surface area contributed by atoms with Gasteiger partial charge in [0.15, 0.2) is 0 Å². The van der Waals surface area contributed by atoms with Gasteiger partial charge in [-0.3, -0.25) is 4.79 Å². The molecule has 0 unspecified atom stereocenters. The average molecular weight is 313 g/mol. The first-order valence-electron chi connectivity index (χ1n) is 6.86. The fourth-order valence-corrected chi connectivity index (χ4v) is 2.86. The summed E-state index contributed by atoms with van der Waals surface area (Å²) in [5.41, 5.74) is 2.68. The van der Waals surface area contributed by atoms with Gasteiger partial charge in [0.1, 0.15) is 11.5 Å². The normalized spacial score (nSPS) is 10.6. The summed E-state index contributed by atoms with van der Waals surface area (Å²) in [6, 6.07) is 9.31. The second-order valence-corrected chi connectivity index (χ2v) is 5.90. The summed E-state index contributed by atoms with van der Waals surface area (Å²) in [6.07, 6.45) is 0. The number of aryl methyl sites for hydroxylation is 2. The topological polar surface area (TPSA) is 68.0 Å². The van der Waals surface area contributed by atoms with E-state index in [1.807, 2.05) is 43.5 Å². The van der Waals surface area contributed by atoms with Gasteiger partial charge in [-0.1, -0.05) is 17.3 Å². The van der Waals surface area contributed by atoms with E-state index in [1.54, 1.807) is 17.4 Å². The molecule has 3 rings (SSSR count). The number of pyridine rings is 1. The van der Waals surface area contributed by atoms with Crippen molar-refractivity contribution in [3.05, 3.63) is 57.7 Å². The second-order valence-electron chi connectivity index (χ2n) is 4.87. The number of aromatic nitrogens is 2. The third-order valence-corrected chi connectivity index (χ3v) is 4.15. The van der Waals surface area contributed by atoms with Crippen LogP contribution >= 0.6 is 11.3 Å². The number of rotatable bonds is 4. The van der Waals surface area contributed by atoms with Crippen LogP contribution in [0.15, 0.2) is 40.2 Å². The van der Waals surface area contributed by atoms with E-state index >= 15 is 0 Å². The summed E-state index contributed by atoms with van der Waals surface area (Å²) in [6.45, 7) is 4.20. The van der Waals surface area contributed by atoms with E-state index in [0.717, 1.165) is 16.1 Å². The van der Waals surface area contributed by atoms with Gasteiger partial charge in [-0.15, -0.1) is 11.3 Å². The highest BCUT2D eigenvalue weighted by Crippen LogP contribution is 2.25. The molecule has 1 amide bonds. The van der Waals surface area contributed by atoms with Gasteiger partial charge >= 0.3 is 0 Å². The van der Waals surface area contributed by atoms with E-state index in [0.29, 0.717) is 23.7 Å². The van der Waals surface area contributed by atoms with Crippen molar-refractivity contribution in [2.24, 2.45) is 0 Å². The molecule has 0 aliphatic heterocycles. The Hall–Kier alpha value is -2.47.